The van der Waals surface area contributed by atoms with Gasteiger partial charge < -0.3 is 4.74 Å². The molecule has 162 valence electrons. The van der Waals surface area contributed by atoms with Crippen molar-refractivity contribution in [3.8, 4) is 0 Å². The van der Waals surface area contributed by atoms with E-state index in [4.69, 9.17) is 4.74 Å². The Morgan fingerprint density at radius 3 is 2.00 bits per heavy atom. The van der Waals surface area contributed by atoms with E-state index in [1.807, 2.05) is 12.1 Å². The Balaban J connectivity index is 1.43. The Hall–Kier alpha value is -1.29. The topological polar surface area (TPSA) is 38.7 Å². The van der Waals surface area contributed by atoms with Gasteiger partial charge in [-0.1, -0.05) is 90.4 Å². The highest BCUT2D eigenvalue weighted by Crippen LogP contribution is 2.28. The normalized spacial score (nSPS) is 13.3. The average Bonchev–Trinajstić information content (AvgIpc) is 2.71. The number of Topliss-reactive ketones (excluding diaryl/α,β-unsaturated/α-hetero) is 1. The van der Waals surface area contributed by atoms with Gasteiger partial charge in [0.2, 0.25) is 0 Å². The van der Waals surface area contributed by atoms with E-state index < -0.39 is 0 Å². The van der Waals surface area contributed by atoms with Crippen molar-refractivity contribution in [2.24, 2.45) is 4.99 Å². The minimum absolute atomic E-state index is 0.0712. The second-order valence-corrected chi connectivity index (χ2v) is 8.77. The third-order valence-corrected chi connectivity index (χ3v) is 5.88. The molecule has 1 aliphatic rings. The number of rotatable bonds is 15. The summed E-state index contributed by atoms with van der Waals surface area (Å²) in [5.74, 6) is 0.631. The molecule has 0 amide bonds. The van der Waals surface area contributed by atoms with Crippen LogP contribution >= 0.6 is 12.6 Å². The second-order valence-electron chi connectivity index (χ2n) is 8.25. The van der Waals surface area contributed by atoms with Crippen LogP contribution in [0.3, 0.4) is 0 Å². The summed E-state index contributed by atoms with van der Waals surface area (Å²) in [7, 11) is 0. The number of aliphatic imine (C=N–C) groups is 1. The van der Waals surface area contributed by atoms with Gasteiger partial charge in [-0.05, 0) is 24.6 Å². The Morgan fingerprint density at radius 1 is 0.862 bits per heavy atom. The summed E-state index contributed by atoms with van der Waals surface area (Å²) in [6.07, 6.45) is 19.1. The van der Waals surface area contributed by atoms with Crippen molar-refractivity contribution in [2.45, 2.75) is 108 Å². The maximum absolute atomic E-state index is 12.2. The predicted molar refractivity (Wildman–Crippen MR) is 126 cm³/mol. The van der Waals surface area contributed by atoms with Crippen LogP contribution in [0.15, 0.2) is 28.1 Å². The first-order valence-electron chi connectivity index (χ1n) is 11.8. The van der Waals surface area contributed by atoms with Gasteiger partial charge in [-0.3, -0.25) is 4.79 Å². The van der Waals surface area contributed by atoms with Crippen molar-refractivity contribution in [1.82, 2.24) is 0 Å². The highest BCUT2D eigenvalue weighted by Gasteiger charge is 2.21. The Labute approximate surface area is 183 Å². The summed E-state index contributed by atoms with van der Waals surface area (Å²) >= 11 is 4.29. The van der Waals surface area contributed by atoms with Crippen molar-refractivity contribution in [2.75, 3.05) is 6.61 Å². The molecule has 0 aromatic heterocycles. The third-order valence-electron chi connectivity index (χ3n) is 5.60. The van der Waals surface area contributed by atoms with Crippen LogP contribution in [0.5, 0.6) is 0 Å². The molecule has 2 rings (SSSR count). The molecule has 0 bridgehead atoms. The fourth-order valence-corrected chi connectivity index (χ4v) is 4.02. The Morgan fingerprint density at radius 2 is 1.41 bits per heavy atom. The first-order chi connectivity index (χ1) is 14.2. The lowest BCUT2D eigenvalue weighted by Crippen LogP contribution is -2.16. The van der Waals surface area contributed by atoms with Crippen LogP contribution < -0.4 is 0 Å². The number of hydrogen-bond acceptors (Lipinski definition) is 4. The van der Waals surface area contributed by atoms with Gasteiger partial charge in [-0.2, -0.15) is 0 Å². The quantitative estimate of drug-likeness (QED) is 0.231. The van der Waals surface area contributed by atoms with Gasteiger partial charge >= 0.3 is 0 Å². The van der Waals surface area contributed by atoms with Crippen LogP contribution in [0.1, 0.15) is 114 Å². The number of benzene rings is 1. The number of ketones is 1. The summed E-state index contributed by atoms with van der Waals surface area (Å²) in [5.41, 5.74) is 1.36. The Kier molecular flexibility index (Phi) is 12.1. The van der Waals surface area contributed by atoms with Crippen LogP contribution in [0, 0.1) is 0 Å². The van der Waals surface area contributed by atoms with Crippen molar-refractivity contribution < 1.29 is 9.53 Å². The fourth-order valence-electron chi connectivity index (χ4n) is 3.82. The van der Waals surface area contributed by atoms with Gasteiger partial charge in [0.15, 0.2) is 11.7 Å². The van der Waals surface area contributed by atoms with E-state index in [0.717, 1.165) is 11.3 Å². The number of unbranched alkanes of at least 4 members (excludes halogenated alkanes) is 13. The summed E-state index contributed by atoms with van der Waals surface area (Å²) in [6.45, 7) is 2.93. The van der Waals surface area contributed by atoms with Crippen LogP contribution in [-0.2, 0) is 4.74 Å². The van der Waals surface area contributed by atoms with Gasteiger partial charge in [-0.15, -0.1) is 12.6 Å². The SMILES string of the molecule is CCCCCCCCCCCCCCCCOC1=Nc2ccc(S)cc2C(=O)C1. The molecule has 0 saturated heterocycles. The van der Waals surface area contributed by atoms with Gasteiger partial charge in [0.05, 0.1) is 18.7 Å². The van der Waals surface area contributed by atoms with Crippen LogP contribution in [-0.4, -0.2) is 18.3 Å². The van der Waals surface area contributed by atoms with Crippen LogP contribution in [0.25, 0.3) is 0 Å². The third kappa shape index (κ3) is 9.84. The van der Waals surface area contributed by atoms with Crippen molar-refractivity contribution in [3.63, 3.8) is 0 Å². The molecule has 0 aliphatic carbocycles. The lowest BCUT2D eigenvalue weighted by Gasteiger charge is -2.15. The van der Waals surface area contributed by atoms with Gasteiger partial charge in [0, 0.05) is 10.5 Å². The monoisotopic (exact) mass is 417 g/mol. The summed E-state index contributed by atoms with van der Waals surface area (Å²) in [6, 6.07) is 5.48. The molecule has 1 aliphatic heterocycles. The average molecular weight is 418 g/mol. The predicted octanol–water partition coefficient (Wildman–Crippen LogP) is 8.09. The molecule has 4 heteroatoms. The smallest absolute Gasteiger partial charge is 0.196 e. The number of carbonyl (C=O) groups is 1. The molecule has 3 nitrogen and oxygen atoms in total. The summed E-state index contributed by atoms with van der Waals surface area (Å²) < 4.78 is 5.76. The molecule has 0 atom stereocenters. The van der Waals surface area contributed by atoms with Crippen molar-refractivity contribution in [3.05, 3.63) is 23.8 Å². The standard InChI is InChI=1S/C25H39NO2S/c1-2-3-4-5-6-7-8-9-10-11-12-13-14-15-18-28-25-20-24(27)22-19-21(29)16-17-23(22)26-25/h16-17,19,29H,2-15,18,20H2,1H3. The highest BCUT2D eigenvalue weighted by molar-refractivity contribution is 7.80. The minimum atomic E-state index is 0.0712. The van der Waals surface area contributed by atoms with Gasteiger partial charge in [-0.25, -0.2) is 4.99 Å². The molecular weight excluding hydrogens is 378 g/mol. The summed E-state index contributed by atoms with van der Waals surface area (Å²) in [5, 5.41) is 0. The van der Waals surface area contributed by atoms with E-state index in [0.29, 0.717) is 23.8 Å². The maximum atomic E-state index is 12.2. The van der Waals surface area contributed by atoms with E-state index in [9.17, 15) is 4.79 Å². The Bertz CT molecular complexity index is 642. The van der Waals surface area contributed by atoms with E-state index in [1.54, 1.807) is 6.07 Å². The molecule has 1 aromatic carbocycles. The van der Waals surface area contributed by atoms with Gasteiger partial charge in [0.25, 0.3) is 0 Å². The molecule has 29 heavy (non-hydrogen) atoms. The second kappa shape index (κ2) is 14.7. The van der Waals surface area contributed by atoms with E-state index in [2.05, 4.69) is 24.5 Å². The van der Waals surface area contributed by atoms with Crippen molar-refractivity contribution >= 4 is 30.0 Å². The number of thiol groups is 1. The zero-order chi connectivity index (χ0) is 20.7. The molecular formula is C25H39NO2S. The van der Waals surface area contributed by atoms with E-state index >= 15 is 0 Å². The van der Waals surface area contributed by atoms with E-state index in [-0.39, 0.29) is 12.2 Å². The molecule has 1 heterocycles. The van der Waals surface area contributed by atoms with E-state index in [1.165, 1.54) is 83.5 Å². The van der Waals surface area contributed by atoms with Crippen LogP contribution in [0.2, 0.25) is 0 Å². The number of hydrogen-bond donors (Lipinski definition) is 1. The number of ether oxygens (including phenoxy) is 1. The fraction of sp³-hybridized carbons (Fsp3) is 0.680. The lowest BCUT2D eigenvalue weighted by atomic mass is 10.0. The summed E-state index contributed by atoms with van der Waals surface area (Å²) in [4.78, 5) is 17.5. The van der Waals surface area contributed by atoms with Crippen LogP contribution in [0.4, 0.5) is 5.69 Å². The van der Waals surface area contributed by atoms with Gasteiger partial charge in [0.1, 0.15) is 0 Å². The molecule has 0 saturated carbocycles. The number of carbonyl (C=O) groups excluding carboxylic acids is 1. The highest BCUT2D eigenvalue weighted by atomic mass is 32.1. The maximum Gasteiger partial charge on any atom is 0.196 e. The zero-order valence-corrected chi connectivity index (χ0v) is 19.2. The minimum Gasteiger partial charge on any atom is -0.480 e. The number of fused-ring (bicyclic) bond motifs is 1. The molecule has 0 N–H and O–H groups in total. The lowest BCUT2D eigenvalue weighted by molar-refractivity contribution is 0.0990. The zero-order valence-electron chi connectivity index (χ0n) is 18.3. The molecule has 0 radical (unpaired) electrons. The molecule has 0 fully saturated rings. The van der Waals surface area contributed by atoms with Crippen molar-refractivity contribution in [1.29, 1.82) is 0 Å². The molecule has 1 aromatic rings. The first-order valence-corrected chi connectivity index (χ1v) is 12.2. The largest absolute Gasteiger partial charge is 0.480 e. The molecule has 0 spiro atoms. The molecule has 0 unspecified atom stereocenters. The number of nitrogens with zero attached hydrogens (tertiary/aromatic N) is 1. The first kappa shape index (κ1) is 24.0.